The van der Waals surface area contributed by atoms with Gasteiger partial charge < -0.3 is 9.64 Å². The predicted molar refractivity (Wildman–Crippen MR) is 176 cm³/mol. The van der Waals surface area contributed by atoms with Crippen molar-refractivity contribution in [1.29, 1.82) is 0 Å². The Hall–Kier alpha value is -3.13. The SMILES string of the molecule is C=C(N=C(N=C(C)/C(F)=C(\N=CC)c1cccc2c1C(F)CCCC=C2)OCC12CCCN1CCC2)N1CC2CCC(C2)C1. The highest BCUT2D eigenvalue weighted by Gasteiger charge is 2.45. The molecule has 44 heavy (non-hydrogen) atoms. The van der Waals surface area contributed by atoms with Crippen LogP contribution in [0.5, 0.6) is 0 Å². The second kappa shape index (κ2) is 13.5. The van der Waals surface area contributed by atoms with E-state index in [1.165, 1.54) is 19.3 Å². The van der Waals surface area contributed by atoms with E-state index in [0.717, 1.165) is 70.3 Å². The van der Waals surface area contributed by atoms with E-state index in [2.05, 4.69) is 32.4 Å². The van der Waals surface area contributed by atoms with Gasteiger partial charge in [-0.05, 0) is 109 Å². The number of nitrogens with zero attached hydrogens (tertiary/aromatic N) is 5. The minimum atomic E-state index is -1.21. The predicted octanol–water partition coefficient (Wildman–Crippen LogP) is 8.29. The summed E-state index contributed by atoms with van der Waals surface area (Å²) in [5.41, 5.74) is 1.85. The summed E-state index contributed by atoms with van der Waals surface area (Å²) in [6.07, 6.45) is 14.5. The van der Waals surface area contributed by atoms with E-state index in [9.17, 15) is 0 Å². The van der Waals surface area contributed by atoms with Gasteiger partial charge in [0.2, 0.25) is 0 Å². The number of hydrogen-bond acceptors (Lipinski definition) is 5. The van der Waals surface area contributed by atoms with Crippen molar-refractivity contribution in [3.63, 3.8) is 0 Å². The number of piperidine rings is 1. The number of allylic oxidation sites excluding steroid dienone is 2. The van der Waals surface area contributed by atoms with E-state index in [0.29, 0.717) is 41.8 Å². The summed E-state index contributed by atoms with van der Waals surface area (Å²) in [5.74, 6) is 1.35. The smallest absolute Gasteiger partial charge is 0.318 e. The molecule has 0 N–H and O–H groups in total. The molecule has 6 rings (SSSR count). The van der Waals surface area contributed by atoms with Crippen LogP contribution in [-0.2, 0) is 4.74 Å². The van der Waals surface area contributed by atoms with Crippen molar-refractivity contribution in [3.8, 4) is 0 Å². The van der Waals surface area contributed by atoms with Gasteiger partial charge in [-0.2, -0.15) is 9.98 Å². The molecule has 1 aromatic carbocycles. The Kier molecular flexibility index (Phi) is 9.45. The van der Waals surface area contributed by atoms with Crippen molar-refractivity contribution in [2.24, 2.45) is 26.8 Å². The van der Waals surface area contributed by atoms with Gasteiger partial charge in [0.25, 0.3) is 0 Å². The highest BCUT2D eigenvalue weighted by atomic mass is 19.1. The summed E-state index contributed by atoms with van der Waals surface area (Å²) in [4.78, 5) is 18.6. The van der Waals surface area contributed by atoms with Crippen LogP contribution in [0.2, 0.25) is 0 Å². The average molecular weight is 604 g/mol. The van der Waals surface area contributed by atoms with Gasteiger partial charge in [0.1, 0.15) is 24.3 Å². The van der Waals surface area contributed by atoms with Gasteiger partial charge in [-0.25, -0.2) is 8.78 Å². The van der Waals surface area contributed by atoms with Crippen LogP contribution in [-0.4, -0.2) is 66.1 Å². The molecule has 4 fully saturated rings. The van der Waals surface area contributed by atoms with E-state index >= 15 is 8.78 Å². The fraction of sp³-hybridized carbons (Fsp3) is 0.583. The number of hydrogen-bond donors (Lipinski definition) is 0. The number of aliphatic imine (C=N–C) groups is 3. The number of benzene rings is 1. The number of likely N-dealkylation sites (tertiary alicyclic amines) is 1. The zero-order valence-electron chi connectivity index (χ0n) is 26.4. The van der Waals surface area contributed by atoms with Gasteiger partial charge in [-0.15, -0.1) is 0 Å². The molecule has 3 saturated heterocycles. The third kappa shape index (κ3) is 6.46. The van der Waals surface area contributed by atoms with Crippen LogP contribution in [0.4, 0.5) is 8.78 Å². The van der Waals surface area contributed by atoms with Crippen molar-refractivity contribution < 1.29 is 13.5 Å². The van der Waals surface area contributed by atoms with Crippen molar-refractivity contribution in [1.82, 2.24) is 9.80 Å². The standard InChI is InChI=1S/C36H47F2N5O/c1-4-39-34(30-13-8-12-29-11-6-5-7-14-31(37)32(29)30)33(38)25(2)40-35(44-24-36-17-9-19-43(36)20-10-18-36)41-26(3)42-22-27-15-16-28(21-27)23-42/h4,6,8,11-13,27-28,31H,3,5,7,9-10,14-24H2,1-2H3/b11-6?,34-33+,39-4?,40-25?,41-35?. The molecule has 6 nitrogen and oxygen atoms in total. The molecule has 3 heterocycles. The topological polar surface area (TPSA) is 52.8 Å². The Morgan fingerprint density at radius 2 is 1.84 bits per heavy atom. The maximum Gasteiger partial charge on any atom is 0.318 e. The Balaban J connectivity index is 1.34. The molecule has 8 heteroatoms. The molecule has 0 radical (unpaired) electrons. The van der Waals surface area contributed by atoms with Crippen LogP contribution in [0.15, 0.2) is 57.5 Å². The van der Waals surface area contributed by atoms with Gasteiger partial charge in [0.15, 0.2) is 5.83 Å². The number of halogens is 2. The van der Waals surface area contributed by atoms with Crippen LogP contribution >= 0.6 is 0 Å². The molecule has 1 aromatic rings. The van der Waals surface area contributed by atoms with Gasteiger partial charge in [0, 0.05) is 30.4 Å². The first kappa shape index (κ1) is 30.9. The number of rotatable bonds is 7. The maximum absolute atomic E-state index is 16.5. The molecule has 2 aliphatic carbocycles. The minimum Gasteiger partial charge on any atom is -0.461 e. The van der Waals surface area contributed by atoms with Gasteiger partial charge in [0.05, 0.1) is 11.3 Å². The quantitative estimate of drug-likeness (QED) is 0.233. The first-order valence-electron chi connectivity index (χ1n) is 16.7. The third-order valence-electron chi connectivity index (χ3n) is 10.4. The fourth-order valence-electron chi connectivity index (χ4n) is 8.14. The molecule has 236 valence electrons. The average Bonchev–Trinajstić information content (AvgIpc) is 3.70. The first-order chi connectivity index (χ1) is 21.4. The lowest BCUT2D eigenvalue weighted by Gasteiger charge is -2.33. The second-order valence-corrected chi connectivity index (χ2v) is 13.3. The van der Waals surface area contributed by atoms with E-state index in [-0.39, 0.29) is 23.0 Å². The number of alkyl halides is 1. The zero-order valence-corrected chi connectivity index (χ0v) is 26.4. The van der Waals surface area contributed by atoms with Crippen LogP contribution in [0.3, 0.4) is 0 Å². The monoisotopic (exact) mass is 603 g/mol. The first-order valence-corrected chi connectivity index (χ1v) is 16.7. The zero-order chi connectivity index (χ0) is 30.7. The number of fused-ring (bicyclic) bond motifs is 4. The van der Waals surface area contributed by atoms with E-state index in [1.807, 2.05) is 18.2 Å². The summed E-state index contributed by atoms with van der Waals surface area (Å²) in [6, 6.07) is 5.59. The molecule has 2 bridgehead atoms. The Bertz CT molecular complexity index is 1370. The summed E-state index contributed by atoms with van der Waals surface area (Å²) in [7, 11) is 0. The van der Waals surface area contributed by atoms with Gasteiger partial charge >= 0.3 is 6.02 Å². The van der Waals surface area contributed by atoms with Gasteiger partial charge in [-0.3, -0.25) is 9.89 Å². The Morgan fingerprint density at radius 3 is 2.57 bits per heavy atom. The normalized spacial score (nSPS) is 27.6. The lowest BCUT2D eigenvalue weighted by Crippen LogP contribution is -2.43. The highest BCUT2D eigenvalue weighted by Crippen LogP contribution is 2.40. The van der Waals surface area contributed by atoms with Crippen LogP contribution in [0.25, 0.3) is 11.8 Å². The van der Waals surface area contributed by atoms with Gasteiger partial charge in [-0.1, -0.05) is 36.9 Å². The van der Waals surface area contributed by atoms with E-state index in [4.69, 9.17) is 9.73 Å². The van der Waals surface area contributed by atoms with Crippen LogP contribution < -0.4 is 0 Å². The minimum absolute atomic E-state index is 0.00815. The number of ether oxygens (including phenoxy) is 1. The third-order valence-corrected chi connectivity index (χ3v) is 10.4. The Labute approximate surface area is 261 Å². The molecular formula is C36H47F2N5O. The van der Waals surface area contributed by atoms with Crippen molar-refractivity contribution in [2.45, 2.75) is 89.8 Å². The lowest BCUT2D eigenvalue weighted by atomic mass is 9.90. The summed E-state index contributed by atoms with van der Waals surface area (Å²) >= 11 is 0. The summed E-state index contributed by atoms with van der Waals surface area (Å²) in [5, 5.41) is 0. The van der Waals surface area contributed by atoms with E-state index < -0.39 is 12.0 Å². The molecular weight excluding hydrogens is 556 g/mol. The maximum atomic E-state index is 16.5. The van der Waals surface area contributed by atoms with Crippen molar-refractivity contribution >= 4 is 29.7 Å². The summed E-state index contributed by atoms with van der Waals surface area (Å²) in [6.45, 7) is 12.2. The molecule has 3 aliphatic heterocycles. The van der Waals surface area contributed by atoms with Crippen molar-refractivity contribution in [2.75, 3.05) is 32.8 Å². The second-order valence-electron chi connectivity index (χ2n) is 13.3. The van der Waals surface area contributed by atoms with Crippen molar-refractivity contribution in [3.05, 3.63) is 59.2 Å². The molecule has 1 saturated carbocycles. The molecule has 0 aromatic heterocycles. The molecule has 0 spiro atoms. The largest absolute Gasteiger partial charge is 0.461 e. The molecule has 3 unspecified atom stereocenters. The fourth-order valence-corrected chi connectivity index (χ4v) is 8.14. The molecule has 0 amide bonds. The number of amidine groups is 1. The van der Waals surface area contributed by atoms with Crippen LogP contribution in [0, 0.1) is 11.8 Å². The van der Waals surface area contributed by atoms with Crippen LogP contribution in [0.1, 0.15) is 101 Å². The Morgan fingerprint density at radius 1 is 1.09 bits per heavy atom. The van der Waals surface area contributed by atoms with E-state index in [1.54, 1.807) is 26.1 Å². The highest BCUT2D eigenvalue weighted by molar-refractivity contribution is 6.08. The lowest BCUT2D eigenvalue weighted by molar-refractivity contribution is 0.105. The summed E-state index contributed by atoms with van der Waals surface area (Å²) < 4.78 is 38.4. The molecule has 3 atom stereocenters. The molecule has 5 aliphatic rings.